The van der Waals surface area contributed by atoms with Gasteiger partial charge in [0.1, 0.15) is 0 Å². The predicted molar refractivity (Wildman–Crippen MR) is 87.0 cm³/mol. The van der Waals surface area contributed by atoms with Gasteiger partial charge in [-0.1, -0.05) is 85.0 Å². The molecular formula is C18H36O2. The van der Waals surface area contributed by atoms with E-state index in [4.69, 9.17) is 5.11 Å². The normalized spacial score (nSPS) is 14.2. The number of rotatable bonds is 14. The van der Waals surface area contributed by atoms with Crippen LogP contribution in [0.25, 0.3) is 0 Å². The van der Waals surface area contributed by atoms with Crippen molar-refractivity contribution in [3.63, 3.8) is 0 Å². The summed E-state index contributed by atoms with van der Waals surface area (Å²) in [5, 5.41) is 9.08. The van der Waals surface area contributed by atoms with E-state index in [1.54, 1.807) is 0 Å². The summed E-state index contributed by atoms with van der Waals surface area (Å²) in [6.07, 6.45) is 14.2. The third-order valence-corrected chi connectivity index (χ3v) is 4.43. The molecule has 2 nitrogen and oxygen atoms in total. The summed E-state index contributed by atoms with van der Waals surface area (Å²) < 4.78 is 0. The van der Waals surface area contributed by atoms with Gasteiger partial charge in [0.15, 0.2) is 0 Å². The molecule has 120 valence electrons. The van der Waals surface area contributed by atoms with Gasteiger partial charge in [0.2, 0.25) is 0 Å². The van der Waals surface area contributed by atoms with Crippen molar-refractivity contribution >= 4 is 5.97 Å². The lowest BCUT2D eigenvalue weighted by Crippen LogP contribution is -2.16. The molecule has 0 radical (unpaired) electrons. The number of carboxylic acids is 1. The average Bonchev–Trinajstić information content (AvgIpc) is 2.41. The highest BCUT2D eigenvalue weighted by atomic mass is 16.4. The second-order valence-corrected chi connectivity index (χ2v) is 6.39. The summed E-state index contributed by atoms with van der Waals surface area (Å²) in [6.45, 7) is 6.71. The van der Waals surface area contributed by atoms with Crippen molar-refractivity contribution < 1.29 is 9.90 Å². The fraction of sp³-hybridized carbons (Fsp3) is 0.944. The van der Waals surface area contributed by atoms with Crippen molar-refractivity contribution in [1.82, 2.24) is 0 Å². The van der Waals surface area contributed by atoms with Crippen molar-refractivity contribution in [2.45, 2.75) is 97.8 Å². The van der Waals surface area contributed by atoms with Crippen LogP contribution in [-0.2, 0) is 4.79 Å². The summed E-state index contributed by atoms with van der Waals surface area (Å²) in [4.78, 5) is 11.0. The smallest absolute Gasteiger partial charge is 0.303 e. The molecular weight excluding hydrogens is 248 g/mol. The lowest BCUT2D eigenvalue weighted by molar-refractivity contribution is -0.138. The van der Waals surface area contributed by atoms with Gasteiger partial charge in [-0.3, -0.25) is 4.79 Å². The van der Waals surface area contributed by atoms with Crippen LogP contribution in [0.3, 0.4) is 0 Å². The van der Waals surface area contributed by atoms with E-state index in [2.05, 4.69) is 20.8 Å². The lowest BCUT2D eigenvalue weighted by Gasteiger charge is -2.22. The zero-order valence-electron chi connectivity index (χ0n) is 14.0. The van der Waals surface area contributed by atoms with Gasteiger partial charge in [0.25, 0.3) is 0 Å². The highest BCUT2D eigenvalue weighted by Crippen LogP contribution is 2.27. The quantitative estimate of drug-likeness (QED) is 0.394. The number of hydrogen-bond donors (Lipinski definition) is 1. The topological polar surface area (TPSA) is 37.3 Å². The zero-order chi connectivity index (χ0) is 15.2. The minimum atomic E-state index is -0.621. The highest BCUT2D eigenvalue weighted by molar-refractivity contribution is 5.67. The average molecular weight is 284 g/mol. The van der Waals surface area contributed by atoms with Crippen LogP contribution in [-0.4, -0.2) is 11.1 Å². The second kappa shape index (κ2) is 13.5. The fourth-order valence-electron chi connectivity index (χ4n) is 2.95. The Labute approximate surface area is 126 Å². The molecule has 2 atom stereocenters. The maximum atomic E-state index is 11.0. The van der Waals surface area contributed by atoms with Crippen LogP contribution in [0.1, 0.15) is 97.8 Å². The molecule has 0 fully saturated rings. The van der Waals surface area contributed by atoms with E-state index >= 15 is 0 Å². The molecule has 1 N–H and O–H groups in total. The van der Waals surface area contributed by atoms with E-state index in [0.717, 1.165) is 6.42 Å². The minimum Gasteiger partial charge on any atom is -0.481 e. The molecule has 0 amide bonds. The summed E-state index contributed by atoms with van der Waals surface area (Å²) >= 11 is 0. The van der Waals surface area contributed by atoms with E-state index < -0.39 is 5.97 Å². The summed E-state index contributed by atoms with van der Waals surface area (Å²) in [5.41, 5.74) is 0. The maximum Gasteiger partial charge on any atom is 0.303 e. The molecule has 0 heterocycles. The first-order valence-corrected chi connectivity index (χ1v) is 8.83. The van der Waals surface area contributed by atoms with Crippen LogP contribution >= 0.6 is 0 Å². The zero-order valence-corrected chi connectivity index (χ0v) is 14.0. The second-order valence-electron chi connectivity index (χ2n) is 6.39. The Hall–Kier alpha value is -0.530. The van der Waals surface area contributed by atoms with Crippen LogP contribution in [0.15, 0.2) is 0 Å². The Morgan fingerprint density at radius 3 is 1.90 bits per heavy atom. The molecule has 0 aliphatic rings. The largest absolute Gasteiger partial charge is 0.481 e. The number of aliphatic carboxylic acids is 1. The summed E-state index contributed by atoms with van der Waals surface area (Å²) in [7, 11) is 0. The van der Waals surface area contributed by atoms with Gasteiger partial charge in [0, 0.05) is 6.42 Å². The molecule has 0 aromatic carbocycles. The third kappa shape index (κ3) is 11.3. The molecule has 0 aliphatic heterocycles. The van der Waals surface area contributed by atoms with Crippen molar-refractivity contribution in [2.75, 3.05) is 0 Å². The number of unbranched alkanes of at least 4 members (excludes halogenated alkanes) is 7. The van der Waals surface area contributed by atoms with Crippen LogP contribution < -0.4 is 0 Å². The van der Waals surface area contributed by atoms with Gasteiger partial charge in [-0.2, -0.15) is 0 Å². The molecule has 0 bridgehead atoms. The van der Waals surface area contributed by atoms with Gasteiger partial charge in [0.05, 0.1) is 0 Å². The molecule has 0 aliphatic carbocycles. The van der Waals surface area contributed by atoms with E-state index in [-0.39, 0.29) is 0 Å². The fourth-order valence-corrected chi connectivity index (χ4v) is 2.95. The van der Waals surface area contributed by atoms with Crippen molar-refractivity contribution in [3.8, 4) is 0 Å². The van der Waals surface area contributed by atoms with Gasteiger partial charge < -0.3 is 5.11 Å². The standard InChI is InChI=1S/C18H36O2/c1-4-6-8-10-12-14-17(15-18(19)20)16(3)13-11-9-7-5-2/h16-17H,4-15H2,1-3H3,(H,19,20). The SMILES string of the molecule is CCCCCCCC(CC(=O)O)C(C)CCCCCC. The predicted octanol–water partition coefficient (Wildman–Crippen LogP) is 6.04. The van der Waals surface area contributed by atoms with Gasteiger partial charge in [-0.15, -0.1) is 0 Å². The Morgan fingerprint density at radius 1 is 0.850 bits per heavy atom. The Kier molecular flexibility index (Phi) is 13.1. The van der Waals surface area contributed by atoms with Crippen LogP contribution in [0.4, 0.5) is 0 Å². The van der Waals surface area contributed by atoms with Crippen molar-refractivity contribution in [1.29, 1.82) is 0 Å². The number of carbonyl (C=O) groups is 1. The van der Waals surface area contributed by atoms with Crippen molar-refractivity contribution in [2.24, 2.45) is 11.8 Å². The molecule has 20 heavy (non-hydrogen) atoms. The molecule has 0 rings (SSSR count). The molecule has 2 heteroatoms. The number of hydrogen-bond acceptors (Lipinski definition) is 1. The first-order valence-electron chi connectivity index (χ1n) is 8.83. The van der Waals surface area contributed by atoms with Gasteiger partial charge in [-0.25, -0.2) is 0 Å². The Balaban J connectivity index is 3.95. The monoisotopic (exact) mass is 284 g/mol. The first-order chi connectivity index (χ1) is 9.61. The third-order valence-electron chi connectivity index (χ3n) is 4.43. The lowest BCUT2D eigenvalue weighted by atomic mass is 9.83. The first kappa shape index (κ1) is 19.5. The molecule has 0 aromatic rings. The highest BCUT2D eigenvalue weighted by Gasteiger charge is 2.19. The van der Waals surface area contributed by atoms with E-state index in [1.807, 2.05) is 0 Å². The molecule has 0 aromatic heterocycles. The van der Waals surface area contributed by atoms with Crippen LogP contribution in [0, 0.1) is 11.8 Å². The Morgan fingerprint density at radius 2 is 1.35 bits per heavy atom. The van der Waals surface area contributed by atoms with Crippen LogP contribution in [0.5, 0.6) is 0 Å². The van der Waals surface area contributed by atoms with E-state index in [0.29, 0.717) is 18.3 Å². The van der Waals surface area contributed by atoms with E-state index in [1.165, 1.54) is 64.2 Å². The minimum absolute atomic E-state index is 0.364. The molecule has 2 unspecified atom stereocenters. The molecule has 0 saturated carbocycles. The molecule has 0 saturated heterocycles. The number of carboxylic acid groups (broad SMARTS) is 1. The van der Waals surface area contributed by atoms with Crippen LogP contribution in [0.2, 0.25) is 0 Å². The summed E-state index contributed by atoms with van der Waals surface area (Å²) in [6, 6.07) is 0. The molecule has 0 spiro atoms. The summed E-state index contributed by atoms with van der Waals surface area (Å²) in [5.74, 6) is 0.328. The maximum absolute atomic E-state index is 11.0. The van der Waals surface area contributed by atoms with Gasteiger partial charge >= 0.3 is 5.97 Å². The van der Waals surface area contributed by atoms with Crippen molar-refractivity contribution in [3.05, 3.63) is 0 Å². The van der Waals surface area contributed by atoms with Gasteiger partial charge in [-0.05, 0) is 18.3 Å². The van der Waals surface area contributed by atoms with E-state index in [9.17, 15) is 4.79 Å². The Bertz CT molecular complexity index is 225.